The van der Waals surface area contributed by atoms with Crippen molar-refractivity contribution < 1.29 is 4.74 Å². The molecule has 426 valence electrons. The largest absolute Gasteiger partial charge is 0.458 e. The molecule has 89 heavy (non-hydrogen) atoms. The molecular formula is C83H67B2N3O. The number of benzene rings is 12. The maximum atomic E-state index is 7.32. The standard InChI is InChI=1S/C83H67B2N3O/c1-81(2,3)55-46-62(52-28-13-9-14-29-52)80(63(47-55)53-30-15-10-16-31-53)88-71-51-70-67(50-68(71)85-66-41-24-26-43-75(66)89-76-49-56(82(4,5)6)48-74(88)79(76)85)84-65-40-23-25-42-69(65)86(57-32-17-11-18-33-57)72-44-54(45-73(78(72)84)87(70)58-34-19-12-20-35-58)59-37-27-38-61-60-36-21-22-39-64(60)83(7,8)77(59)61/h9-51H,1-8H3. The van der Waals surface area contributed by atoms with Crippen molar-refractivity contribution in [2.75, 3.05) is 14.7 Å². The second kappa shape index (κ2) is 19.5. The van der Waals surface area contributed by atoms with E-state index in [-0.39, 0.29) is 29.7 Å². The lowest BCUT2D eigenvalue weighted by Crippen LogP contribution is -2.64. The highest BCUT2D eigenvalue weighted by atomic mass is 16.5. The summed E-state index contributed by atoms with van der Waals surface area (Å²) in [5.41, 5.74) is 32.1. The third-order valence-electron chi connectivity index (χ3n) is 19.9. The molecule has 17 rings (SSSR count). The molecule has 6 heteroatoms. The van der Waals surface area contributed by atoms with Gasteiger partial charge in [-0.05, 0) is 178 Å². The first kappa shape index (κ1) is 53.2. The van der Waals surface area contributed by atoms with E-state index in [4.69, 9.17) is 4.74 Å². The monoisotopic (exact) mass is 1140 g/mol. The average Bonchev–Trinajstić information content (AvgIpc) is 1.10. The predicted octanol–water partition coefficient (Wildman–Crippen LogP) is 18.1. The Bertz CT molecular complexity index is 4830. The topological polar surface area (TPSA) is 19.0 Å². The molecule has 0 spiro atoms. The molecule has 0 bridgehead atoms. The molecule has 4 nitrogen and oxygen atoms in total. The van der Waals surface area contributed by atoms with Crippen molar-refractivity contribution in [2.24, 2.45) is 0 Å². The molecule has 5 aliphatic rings. The van der Waals surface area contributed by atoms with E-state index in [1.807, 2.05) is 0 Å². The third kappa shape index (κ3) is 8.01. The van der Waals surface area contributed by atoms with Gasteiger partial charge in [-0.3, -0.25) is 0 Å². The van der Waals surface area contributed by atoms with Crippen LogP contribution >= 0.6 is 0 Å². The van der Waals surface area contributed by atoms with Crippen molar-refractivity contribution in [3.8, 4) is 56.0 Å². The quantitative estimate of drug-likeness (QED) is 0.154. The first-order valence-electron chi connectivity index (χ1n) is 31.6. The molecule has 0 saturated carbocycles. The molecule has 0 fully saturated rings. The summed E-state index contributed by atoms with van der Waals surface area (Å²) in [5.74, 6) is 1.81. The zero-order chi connectivity index (χ0) is 60.2. The Balaban J connectivity index is 1.03. The summed E-state index contributed by atoms with van der Waals surface area (Å²) in [6, 6.07) is 98.6. The summed E-state index contributed by atoms with van der Waals surface area (Å²) in [7, 11) is 0. The Labute approximate surface area is 524 Å². The summed E-state index contributed by atoms with van der Waals surface area (Å²) in [4.78, 5) is 7.84. The number of hydrogen-bond donors (Lipinski definition) is 0. The molecule has 0 unspecified atom stereocenters. The van der Waals surface area contributed by atoms with Crippen LogP contribution in [0.2, 0.25) is 0 Å². The molecule has 0 radical (unpaired) electrons. The van der Waals surface area contributed by atoms with Gasteiger partial charge in [-0.25, -0.2) is 0 Å². The van der Waals surface area contributed by atoms with Gasteiger partial charge in [-0.15, -0.1) is 0 Å². The van der Waals surface area contributed by atoms with Crippen molar-refractivity contribution >= 4 is 97.4 Å². The molecule has 12 aromatic rings. The first-order valence-corrected chi connectivity index (χ1v) is 31.6. The molecule has 0 amide bonds. The van der Waals surface area contributed by atoms with Crippen LogP contribution in [0.3, 0.4) is 0 Å². The second-order valence-electron chi connectivity index (χ2n) is 27.6. The zero-order valence-corrected chi connectivity index (χ0v) is 51.7. The molecule has 0 saturated heterocycles. The van der Waals surface area contributed by atoms with E-state index in [9.17, 15) is 0 Å². The van der Waals surface area contributed by atoms with Gasteiger partial charge in [0.1, 0.15) is 11.5 Å². The van der Waals surface area contributed by atoms with Gasteiger partial charge in [0.15, 0.2) is 0 Å². The lowest BCUT2D eigenvalue weighted by Gasteiger charge is -2.47. The van der Waals surface area contributed by atoms with E-state index in [1.54, 1.807) is 0 Å². The summed E-state index contributed by atoms with van der Waals surface area (Å²) in [6.45, 7) is 18.5. The number of fused-ring (bicyclic) bond motifs is 11. The Morgan fingerprint density at radius 2 is 0.809 bits per heavy atom. The van der Waals surface area contributed by atoms with Crippen molar-refractivity contribution in [1.29, 1.82) is 0 Å². The smallest absolute Gasteiger partial charge is 0.256 e. The molecule has 0 aromatic heterocycles. The van der Waals surface area contributed by atoms with Gasteiger partial charge in [0.2, 0.25) is 0 Å². The molecule has 0 atom stereocenters. The van der Waals surface area contributed by atoms with E-state index in [2.05, 4.69) is 331 Å². The number of para-hydroxylation sites is 4. The van der Waals surface area contributed by atoms with Gasteiger partial charge in [-0.2, -0.15) is 0 Å². The highest BCUT2D eigenvalue weighted by molar-refractivity contribution is 7.02. The van der Waals surface area contributed by atoms with Gasteiger partial charge in [0.25, 0.3) is 13.4 Å². The summed E-state index contributed by atoms with van der Waals surface area (Å²) in [6.07, 6.45) is 0. The van der Waals surface area contributed by atoms with Crippen LogP contribution in [0.1, 0.15) is 77.6 Å². The van der Waals surface area contributed by atoms with Crippen LogP contribution in [0.5, 0.6) is 11.5 Å². The first-order chi connectivity index (χ1) is 43.2. The Hall–Kier alpha value is -10.0. The van der Waals surface area contributed by atoms with Gasteiger partial charge in [0, 0.05) is 62.0 Å². The van der Waals surface area contributed by atoms with Crippen LogP contribution < -0.4 is 52.2 Å². The molecule has 4 heterocycles. The number of rotatable bonds is 6. The summed E-state index contributed by atoms with van der Waals surface area (Å²) >= 11 is 0. The minimum absolute atomic E-state index is 0.147. The highest BCUT2D eigenvalue weighted by Crippen LogP contribution is 2.56. The van der Waals surface area contributed by atoms with Crippen molar-refractivity contribution in [1.82, 2.24) is 0 Å². The van der Waals surface area contributed by atoms with Gasteiger partial charge in [0.05, 0.1) is 5.69 Å². The molecule has 0 N–H and O–H groups in total. The van der Waals surface area contributed by atoms with Gasteiger partial charge in [-0.1, -0.05) is 237 Å². The maximum Gasteiger partial charge on any atom is 0.256 e. The fraction of sp³-hybridized carbons (Fsp3) is 0.133. The van der Waals surface area contributed by atoms with E-state index in [0.29, 0.717) is 0 Å². The molecule has 1 aliphatic carbocycles. The fourth-order valence-electron chi connectivity index (χ4n) is 15.7. The van der Waals surface area contributed by atoms with E-state index < -0.39 is 0 Å². The van der Waals surface area contributed by atoms with E-state index >= 15 is 0 Å². The van der Waals surface area contributed by atoms with Crippen LogP contribution in [-0.2, 0) is 16.2 Å². The minimum Gasteiger partial charge on any atom is -0.458 e. The van der Waals surface area contributed by atoms with E-state index in [1.165, 1.54) is 105 Å². The third-order valence-corrected chi connectivity index (χ3v) is 19.9. The number of nitrogens with zero attached hydrogens (tertiary/aromatic N) is 3. The van der Waals surface area contributed by atoms with Crippen molar-refractivity contribution in [3.63, 3.8) is 0 Å². The Kier molecular flexibility index (Phi) is 11.7. The Morgan fingerprint density at radius 1 is 0.326 bits per heavy atom. The summed E-state index contributed by atoms with van der Waals surface area (Å²) in [5, 5.41) is 0. The average molecular weight is 1140 g/mol. The summed E-state index contributed by atoms with van der Waals surface area (Å²) < 4.78 is 7.32. The number of anilines is 9. The number of hydrogen-bond acceptors (Lipinski definition) is 4. The van der Waals surface area contributed by atoms with Crippen molar-refractivity contribution in [2.45, 2.75) is 71.6 Å². The SMILES string of the molecule is CC(C)(C)c1cc(-c2ccccc2)c(N2c3cc4c(cc3B3c5ccccc5Oc5cc(C(C)(C)C)cc2c53)B2c3ccccc3N(c3ccccc3)c3cc(-c5cccc6c5C(C)(C)c5ccccc5-6)cc(c32)N4c2ccccc2)c(-c2ccccc2)c1. The fourth-order valence-corrected chi connectivity index (χ4v) is 15.7. The van der Waals surface area contributed by atoms with Crippen LogP contribution in [0, 0.1) is 0 Å². The maximum absolute atomic E-state index is 7.32. The Morgan fingerprint density at radius 3 is 1.44 bits per heavy atom. The van der Waals surface area contributed by atoms with Crippen LogP contribution in [0.4, 0.5) is 51.2 Å². The van der Waals surface area contributed by atoms with Crippen LogP contribution in [-0.4, -0.2) is 13.4 Å². The van der Waals surface area contributed by atoms with Crippen molar-refractivity contribution in [3.05, 3.63) is 283 Å². The predicted molar refractivity (Wildman–Crippen MR) is 378 cm³/mol. The molecule has 4 aliphatic heterocycles. The lowest BCUT2D eigenvalue weighted by molar-refractivity contribution is 0.483. The second-order valence-corrected chi connectivity index (χ2v) is 27.6. The molecular weight excluding hydrogens is 1080 g/mol. The normalized spacial score (nSPS) is 14.4. The molecule has 12 aromatic carbocycles. The zero-order valence-electron chi connectivity index (χ0n) is 51.7. The van der Waals surface area contributed by atoms with E-state index in [0.717, 1.165) is 56.8 Å². The van der Waals surface area contributed by atoms with Crippen LogP contribution in [0.25, 0.3) is 44.5 Å². The minimum atomic E-state index is -0.244. The lowest BCUT2D eigenvalue weighted by atomic mass is 9.30. The number of ether oxygens (including phenoxy) is 1. The van der Waals surface area contributed by atoms with Crippen LogP contribution in [0.15, 0.2) is 261 Å². The van der Waals surface area contributed by atoms with Gasteiger partial charge < -0.3 is 19.4 Å². The van der Waals surface area contributed by atoms with Gasteiger partial charge >= 0.3 is 0 Å². The highest BCUT2D eigenvalue weighted by Gasteiger charge is 2.49.